The Hall–Kier alpha value is -3.41. The third kappa shape index (κ3) is 59.3. The van der Waals surface area contributed by atoms with Crippen LogP contribution in [0.1, 0.15) is 303 Å². The minimum Gasteiger partial charge on any atom is -0.462 e. The van der Waals surface area contributed by atoms with E-state index in [4.69, 9.17) is 14.2 Å². The van der Waals surface area contributed by atoms with Crippen LogP contribution in [-0.2, 0) is 28.6 Å². The van der Waals surface area contributed by atoms with Crippen molar-refractivity contribution in [1.82, 2.24) is 0 Å². The zero-order valence-corrected chi connectivity index (χ0v) is 48.1. The molecule has 0 N–H and O–H groups in total. The van der Waals surface area contributed by atoms with Gasteiger partial charge in [0.15, 0.2) is 6.10 Å². The van der Waals surface area contributed by atoms with E-state index in [2.05, 4.69) is 106 Å². The maximum atomic E-state index is 12.9. The lowest BCUT2D eigenvalue weighted by Gasteiger charge is -2.18. The minimum atomic E-state index is -0.814. The predicted molar refractivity (Wildman–Crippen MR) is 316 cm³/mol. The molecule has 6 nitrogen and oxygen atoms in total. The molecule has 0 aliphatic carbocycles. The first-order valence-corrected chi connectivity index (χ1v) is 31.1. The molecule has 0 aromatic carbocycles. The summed E-state index contributed by atoms with van der Waals surface area (Å²) in [7, 11) is 0. The second kappa shape index (κ2) is 61.1. The van der Waals surface area contributed by atoms with Crippen molar-refractivity contribution >= 4 is 17.9 Å². The van der Waals surface area contributed by atoms with Gasteiger partial charge in [-0.2, -0.15) is 0 Å². The molecule has 0 aliphatic rings. The second-order valence-electron chi connectivity index (χ2n) is 20.6. The van der Waals surface area contributed by atoms with Gasteiger partial charge in [-0.15, -0.1) is 0 Å². The van der Waals surface area contributed by atoms with Gasteiger partial charge in [0.05, 0.1) is 0 Å². The molecule has 0 unspecified atom stereocenters. The summed E-state index contributed by atoms with van der Waals surface area (Å²) in [6.45, 7) is 6.57. The first-order valence-electron chi connectivity index (χ1n) is 31.1. The molecule has 0 fully saturated rings. The average Bonchev–Trinajstić information content (AvgIpc) is 3.39. The van der Waals surface area contributed by atoms with Gasteiger partial charge >= 0.3 is 17.9 Å². The number of hydrogen-bond acceptors (Lipinski definition) is 6. The van der Waals surface area contributed by atoms with E-state index in [9.17, 15) is 14.4 Å². The normalized spacial score (nSPS) is 12.6. The molecule has 1 atom stereocenters. The average molecular weight is 1020 g/mol. The van der Waals surface area contributed by atoms with E-state index in [0.717, 1.165) is 83.5 Å². The van der Waals surface area contributed by atoms with E-state index in [-0.39, 0.29) is 44.0 Å². The standard InChI is InChI=1S/C67H116O6/c1-4-7-10-13-16-19-22-25-28-31-33-36-39-42-45-48-51-54-57-60-66(69)72-63-64(62-71-65(68)59-56-53-50-47-44-41-38-35-30-27-24-21-18-15-12-9-6-3)73-67(70)61-58-55-52-49-46-43-40-37-34-32-29-26-23-20-17-14-11-8-5-2/h17,20,26-27,29-30,34,37-38,41,43,46-47,50,64H,4-16,18-19,21-25,28,31-33,35-36,39-40,42,44-45,48-49,51-63H2,1-3H3/b20-17-,29-26-,30-27-,37-34-,41-38-,46-43-,50-47-/t64-/m1/s1. The molecule has 420 valence electrons. The van der Waals surface area contributed by atoms with Crippen LogP contribution in [0.3, 0.4) is 0 Å². The van der Waals surface area contributed by atoms with E-state index in [0.29, 0.717) is 12.8 Å². The van der Waals surface area contributed by atoms with Gasteiger partial charge in [-0.05, 0) is 96.3 Å². The van der Waals surface area contributed by atoms with Crippen LogP contribution < -0.4 is 0 Å². The molecule has 0 bridgehead atoms. The Morgan fingerprint density at radius 2 is 0.507 bits per heavy atom. The van der Waals surface area contributed by atoms with Crippen LogP contribution in [0.15, 0.2) is 85.1 Å². The molecular weight excluding hydrogens is 901 g/mol. The minimum absolute atomic E-state index is 0.103. The Balaban J connectivity index is 4.49. The number of esters is 3. The van der Waals surface area contributed by atoms with Gasteiger partial charge in [-0.1, -0.05) is 273 Å². The summed E-state index contributed by atoms with van der Waals surface area (Å²) in [5.41, 5.74) is 0. The highest BCUT2D eigenvalue weighted by molar-refractivity contribution is 5.71. The number of carbonyl (C=O) groups is 3. The quantitative estimate of drug-likeness (QED) is 0.0261. The monoisotopic (exact) mass is 1020 g/mol. The largest absolute Gasteiger partial charge is 0.462 e. The molecule has 0 spiro atoms. The molecule has 73 heavy (non-hydrogen) atoms. The lowest BCUT2D eigenvalue weighted by Crippen LogP contribution is -2.30. The summed E-state index contributed by atoms with van der Waals surface area (Å²) < 4.78 is 16.8. The SMILES string of the molecule is CCCCC/C=C\C/C=C\C/C=C\C/C=C\CCCCCC(=O)O[C@H](COC(=O)CCC/C=C\C/C=C\C/C=C\CCCCCCCC)COC(=O)CCCCCCCCCCCCCCCCCCCCC. The Morgan fingerprint density at radius 3 is 0.863 bits per heavy atom. The van der Waals surface area contributed by atoms with Crippen molar-refractivity contribution in [3.05, 3.63) is 85.1 Å². The van der Waals surface area contributed by atoms with Crippen molar-refractivity contribution in [3.63, 3.8) is 0 Å². The molecular formula is C67H116O6. The van der Waals surface area contributed by atoms with Gasteiger partial charge in [0, 0.05) is 19.3 Å². The van der Waals surface area contributed by atoms with Crippen LogP contribution in [0.25, 0.3) is 0 Å². The first kappa shape index (κ1) is 69.6. The summed E-state index contributed by atoms with van der Waals surface area (Å²) in [5, 5.41) is 0. The van der Waals surface area contributed by atoms with Crippen LogP contribution >= 0.6 is 0 Å². The highest BCUT2D eigenvalue weighted by atomic mass is 16.6. The smallest absolute Gasteiger partial charge is 0.306 e. The molecule has 0 radical (unpaired) electrons. The number of unbranched alkanes of at least 4 members (excludes halogenated alkanes) is 31. The highest BCUT2D eigenvalue weighted by Gasteiger charge is 2.19. The first-order chi connectivity index (χ1) is 36.0. The Bertz CT molecular complexity index is 1400. The number of allylic oxidation sites excluding steroid dienone is 14. The van der Waals surface area contributed by atoms with Gasteiger partial charge in [0.25, 0.3) is 0 Å². The molecule has 0 heterocycles. The van der Waals surface area contributed by atoms with Crippen molar-refractivity contribution in [3.8, 4) is 0 Å². The maximum Gasteiger partial charge on any atom is 0.306 e. The topological polar surface area (TPSA) is 78.9 Å². The maximum absolute atomic E-state index is 12.9. The third-order valence-electron chi connectivity index (χ3n) is 13.4. The van der Waals surface area contributed by atoms with E-state index in [1.165, 1.54) is 173 Å². The van der Waals surface area contributed by atoms with Crippen LogP contribution in [0.5, 0.6) is 0 Å². The molecule has 0 aromatic heterocycles. The van der Waals surface area contributed by atoms with Crippen molar-refractivity contribution in [2.75, 3.05) is 13.2 Å². The van der Waals surface area contributed by atoms with Crippen molar-refractivity contribution in [2.24, 2.45) is 0 Å². The van der Waals surface area contributed by atoms with Gasteiger partial charge in [0.2, 0.25) is 0 Å². The van der Waals surface area contributed by atoms with Crippen molar-refractivity contribution in [2.45, 2.75) is 309 Å². The Kier molecular flexibility index (Phi) is 58.3. The molecule has 0 saturated carbocycles. The van der Waals surface area contributed by atoms with E-state index in [1.807, 2.05) is 0 Å². The van der Waals surface area contributed by atoms with Crippen LogP contribution in [0.4, 0.5) is 0 Å². The summed E-state index contributed by atoms with van der Waals surface area (Å²) in [6, 6.07) is 0. The Labute approximate surface area is 452 Å². The fraction of sp³-hybridized carbons (Fsp3) is 0.746. The number of ether oxygens (including phenoxy) is 3. The molecule has 6 heteroatoms. The summed E-state index contributed by atoms with van der Waals surface area (Å²) >= 11 is 0. The number of carbonyl (C=O) groups excluding carboxylic acids is 3. The molecule has 0 rings (SSSR count). The molecule has 0 aliphatic heterocycles. The van der Waals surface area contributed by atoms with E-state index in [1.54, 1.807) is 0 Å². The fourth-order valence-corrected chi connectivity index (χ4v) is 8.68. The van der Waals surface area contributed by atoms with Gasteiger partial charge < -0.3 is 14.2 Å². The predicted octanol–water partition coefficient (Wildman–Crippen LogP) is 21.1. The number of hydrogen-bond donors (Lipinski definition) is 0. The zero-order valence-electron chi connectivity index (χ0n) is 48.1. The van der Waals surface area contributed by atoms with E-state index >= 15 is 0 Å². The van der Waals surface area contributed by atoms with Gasteiger partial charge in [-0.25, -0.2) is 0 Å². The summed E-state index contributed by atoms with van der Waals surface area (Å²) in [5.74, 6) is -0.978. The zero-order chi connectivity index (χ0) is 52.9. The van der Waals surface area contributed by atoms with Crippen molar-refractivity contribution < 1.29 is 28.6 Å². The van der Waals surface area contributed by atoms with Crippen LogP contribution in [0.2, 0.25) is 0 Å². The second-order valence-corrected chi connectivity index (χ2v) is 20.6. The number of rotatable bonds is 56. The Morgan fingerprint density at radius 1 is 0.274 bits per heavy atom. The molecule has 0 saturated heterocycles. The fourth-order valence-electron chi connectivity index (χ4n) is 8.68. The van der Waals surface area contributed by atoms with Crippen molar-refractivity contribution in [1.29, 1.82) is 0 Å². The molecule has 0 amide bonds. The van der Waals surface area contributed by atoms with Gasteiger partial charge in [0.1, 0.15) is 13.2 Å². The van der Waals surface area contributed by atoms with Crippen LogP contribution in [-0.4, -0.2) is 37.2 Å². The third-order valence-corrected chi connectivity index (χ3v) is 13.4. The lowest BCUT2D eigenvalue weighted by atomic mass is 10.0. The van der Waals surface area contributed by atoms with Gasteiger partial charge in [-0.3, -0.25) is 14.4 Å². The summed E-state index contributed by atoms with van der Waals surface area (Å²) in [4.78, 5) is 38.2. The highest BCUT2D eigenvalue weighted by Crippen LogP contribution is 2.16. The van der Waals surface area contributed by atoms with E-state index < -0.39 is 6.10 Å². The lowest BCUT2D eigenvalue weighted by molar-refractivity contribution is -0.167. The summed E-state index contributed by atoms with van der Waals surface area (Å²) in [6.07, 6.45) is 80.2. The molecule has 0 aromatic rings. The van der Waals surface area contributed by atoms with Crippen LogP contribution in [0, 0.1) is 0 Å².